The van der Waals surface area contributed by atoms with E-state index in [4.69, 9.17) is 5.73 Å². The Balaban J connectivity index is 2.42. The molecule has 94 valence electrons. The molecule has 1 fully saturated rings. The molecule has 1 atom stereocenters. The summed E-state index contributed by atoms with van der Waals surface area (Å²) in [5.41, 5.74) is 4.47. The summed E-state index contributed by atoms with van der Waals surface area (Å²) in [6.07, 6.45) is -2.08. The quantitative estimate of drug-likeness (QED) is 0.793. The van der Waals surface area contributed by atoms with Crippen LogP contribution in [0.1, 0.15) is 36.4 Å². The van der Waals surface area contributed by atoms with Gasteiger partial charge in [0.1, 0.15) is 5.82 Å². The van der Waals surface area contributed by atoms with E-state index in [1.165, 1.54) is 12.1 Å². The summed E-state index contributed by atoms with van der Waals surface area (Å²) in [5, 5.41) is 0. The molecule has 0 aromatic heterocycles. The van der Waals surface area contributed by atoms with Gasteiger partial charge in [-0.15, -0.1) is 0 Å². The van der Waals surface area contributed by atoms with Crippen molar-refractivity contribution in [2.45, 2.75) is 31.5 Å². The second-order valence-electron chi connectivity index (χ2n) is 4.42. The van der Waals surface area contributed by atoms with Crippen molar-refractivity contribution < 1.29 is 17.6 Å². The minimum Gasteiger partial charge on any atom is -0.324 e. The Hall–Kier alpha value is -1.10. The van der Waals surface area contributed by atoms with Crippen molar-refractivity contribution in [2.75, 3.05) is 0 Å². The summed E-state index contributed by atoms with van der Waals surface area (Å²) in [7, 11) is 0. The topological polar surface area (TPSA) is 26.0 Å². The van der Waals surface area contributed by atoms with Crippen LogP contribution in [-0.2, 0) is 6.18 Å². The van der Waals surface area contributed by atoms with E-state index in [-0.39, 0.29) is 11.5 Å². The van der Waals surface area contributed by atoms with Gasteiger partial charge in [-0.3, -0.25) is 0 Å². The van der Waals surface area contributed by atoms with Crippen molar-refractivity contribution in [3.63, 3.8) is 0 Å². The summed E-state index contributed by atoms with van der Waals surface area (Å²) < 4.78 is 51.6. The highest BCUT2D eigenvalue weighted by atomic mass is 19.4. The lowest BCUT2D eigenvalue weighted by Gasteiger charge is -2.32. The van der Waals surface area contributed by atoms with Gasteiger partial charge in [0.25, 0.3) is 0 Å². The van der Waals surface area contributed by atoms with E-state index in [9.17, 15) is 17.6 Å². The van der Waals surface area contributed by atoms with Crippen molar-refractivity contribution in [3.05, 3.63) is 35.1 Å². The molecule has 0 saturated heterocycles. The van der Waals surface area contributed by atoms with Crippen LogP contribution in [0.25, 0.3) is 0 Å². The molecule has 0 unspecified atom stereocenters. The monoisotopic (exact) mass is 247 g/mol. The lowest BCUT2D eigenvalue weighted by molar-refractivity contribution is -0.141. The minimum atomic E-state index is -4.69. The van der Waals surface area contributed by atoms with Gasteiger partial charge < -0.3 is 5.73 Å². The van der Waals surface area contributed by atoms with Gasteiger partial charge in [0.15, 0.2) is 0 Å². The van der Waals surface area contributed by atoms with E-state index < -0.39 is 23.6 Å². The van der Waals surface area contributed by atoms with Crippen LogP contribution in [0.15, 0.2) is 18.2 Å². The SMILES string of the molecule is N[C@@H](c1cccc(F)c1C(F)(F)F)C1CCC1. The maximum Gasteiger partial charge on any atom is 0.419 e. The summed E-state index contributed by atoms with van der Waals surface area (Å²) in [4.78, 5) is 0. The number of alkyl halides is 3. The molecule has 1 saturated carbocycles. The molecule has 1 aromatic rings. The van der Waals surface area contributed by atoms with Crippen LogP contribution in [-0.4, -0.2) is 0 Å². The molecule has 0 aliphatic heterocycles. The third-order valence-electron chi connectivity index (χ3n) is 3.35. The van der Waals surface area contributed by atoms with Crippen molar-refractivity contribution in [1.82, 2.24) is 0 Å². The van der Waals surface area contributed by atoms with Gasteiger partial charge in [-0.1, -0.05) is 18.6 Å². The van der Waals surface area contributed by atoms with Crippen LogP contribution in [0.3, 0.4) is 0 Å². The number of benzene rings is 1. The summed E-state index contributed by atoms with van der Waals surface area (Å²) >= 11 is 0. The van der Waals surface area contributed by atoms with Gasteiger partial charge in [-0.2, -0.15) is 13.2 Å². The number of rotatable bonds is 2. The number of hydrogen-bond donors (Lipinski definition) is 1. The molecule has 1 nitrogen and oxygen atoms in total. The van der Waals surface area contributed by atoms with E-state index in [0.717, 1.165) is 25.3 Å². The zero-order chi connectivity index (χ0) is 12.6. The average Bonchev–Trinajstić information content (AvgIpc) is 2.12. The Morgan fingerprint density at radius 3 is 2.35 bits per heavy atom. The van der Waals surface area contributed by atoms with Crippen molar-refractivity contribution in [1.29, 1.82) is 0 Å². The van der Waals surface area contributed by atoms with Gasteiger partial charge in [-0.25, -0.2) is 4.39 Å². The predicted octanol–water partition coefficient (Wildman–Crippen LogP) is 3.64. The highest BCUT2D eigenvalue weighted by Gasteiger charge is 2.39. The summed E-state index contributed by atoms with van der Waals surface area (Å²) in [5.74, 6) is -1.21. The van der Waals surface area contributed by atoms with Crippen LogP contribution in [0.4, 0.5) is 17.6 Å². The smallest absolute Gasteiger partial charge is 0.324 e. The molecule has 5 heteroatoms. The van der Waals surface area contributed by atoms with E-state index in [1.54, 1.807) is 0 Å². The normalized spacial score (nSPS) is 18.9. The third-order valence-corrected chi connectivity index (χ3v) is 3.35. The second kappa shape index (κ2) is 4.29. The predicted molar refractivity (Wildman–Crippen MR) is 55.7 cm³/mol. The molecule has 2 N–H and O–H groups in total. The van der Waals surface area contributed by atoms with E-state index in [2.05, 4.69) is 0 Å². The van der Waals surface area contributed by atoms with Gasteiger partial charge >= 0.3 is 6.18 Å². The number of nitrogens with two attached hydrogens (primary N) is 1. The van der Waals surface area contributed by atoms with Crippen LogP contribution in [0.2, 0.25) is 0 Å². The van der Waals surface area contributed by atoms with Gasteiger partial charge in [0, 0.05) is 6.04 Å². The number of halogens is 4. The Kier molecular flexibility index (Phi) is 3.12. The molecular weight excluding hydrogens is 234 g/mol. The maximum absolute atomic E-state index is 13.3. The standard InChI is InChI=1S/C12H13F4N/c13-9-6-2-5-8(10(9)12(14,15)16)11(17)7-3-1-4-7/h2,5-7,11H,1,3-4,17H2/t11-/m1/s1. The Bertz CT molecular complexity index is 409. The lowest BCUT2D eigenvalue weighted by atomic mass is 9.76. The zero-order valence-electron chi connectivity index (χ0n) is 9.10. The maximum atomic E-state index is 13.3. The molecule has 0 amide bonds. The van der Waals surface area contributed by atoms with Crippen LogP contribution < -0.4 is 5.73 Å². The van der Waals surface area contributed by atoms with E-state index >= 15 is 0 Å². The van der Waals surface area contributed by atoms with Gasteiger partial charge in [0.05, 0.1) is 5.56 Å². The fraction of sp³-hybridized carbons (Fsp3) is 0.500. The van der Waals surface area contributed by atoms with E-state index in [0.29, 0.717) is 0 Å². The molecule has 17 heavy (non-hydrogen) atoms. The molecule has 1 aliphatic carbocycles. The number of hydrogen-bond acceptors (Lipinski definition) is 1. The molecule has 0 bridgehead atoms. The van der Waals surface area contributed by atoms with Crippen molar-refractivity contribution >= 4 is 0 Å². The van der Waals surface area contributed by atoms with Crippen LogP contribution >= 0.6 is 0 Å². The van der Waals surface area contributed by atoms with Crippen LogP contribution in [0, 0.1) is 11.7 Å². The first-order valence-corrected chi connectivity index (χ1v) is 5.52. The molecule has 1 aliphatic rings. The zero-order valence-corrected chi connectivity index (χ0v) is 9.10. The van der Waals surface area contributed by atoms with Crippen LogP contribution in [0.5, 0.6) is 0 Å². The van der Waals surface area contributed by atoms with Gasteiger partial charge in [0.2, 0.25) is 0 Å². The first-order chi connectivity index (χ1) is 7.91. The Morgan fingerprint density at radius 2 is 1.88 bits per heavy atom. The molecule has 2 rings (SSSR count). The largest absolute Gasteiger partial charge is 0.419 e. The average molecular weight is 247 g/mol. The summed E-state index contributed by atoms with van der Waals surface area (Å²) in [6, 6.07) is 2.64. The van der Waals surface area contributed by atoms with Gasteiger partial charge in [-0.05, 0) is 30.4 Å². The first-order valence-electron chi connectivity index (χ1n) is 5.52. The van der Waals surface area contributed by atoms with Crippen molar-refractivity contribution in [3.8, 4) is 0 Å². The Labute approximate surface area is 96.6 Å². The first kappa shape index (κ1) is 12.4. The minimum absolute atomic E-state index is 0.0397. The molecule has 0 radical (unpaired) electrons. The molecule has 0 spiro atoms. The molecule has 1 aromatic carbocycles. The highest BCUT2D eigenvalue weighted by molar-refractivity contribution is 5.34. The Morgan fingerprint density at radius 1 is 1.24 bits per heavy atom. The fourth-order valence-corrected chi connectivity index (χ4v) is 2.17. The summed E-state index contributed by atoms with van der Waals surface area (Å²) in [6.45, 7) is 0. The highest BCUT2D eigenvalue weighted by Crippen LogP contribution is 2.42. The fourth-order valence-electron chi connectivity index (χ4n) is 2.17. The lowest BCUT2D eigenvalue weighted by Crippen LogP contribution is -2.29. The third kappa shape index (κ3) is 2.29. The van der Waals surface area contributed by atoms with Crippen molar-refractivity contribution in [2.24, 2.45) is 11.7 Å². The molecular formula is C12H13F4N. The second-order valence-corrected chi connectivity index (χ2v) is 4.42. The van der Waals surface area contributed by atoms with E-state index in [1.807, 2.05) is 0 Å². The molecule has 0 heterocycles.